The summed E-state index contributed by atoms with van der Waals surface area (Å²) < 4.78 is 5.49. The molecular formula is C17H20O. The van der Waals surface area contributed by atoms with E-state index in [4.69, 9.17) is 4.74 Å². The van der Waals surface area contributed by atoms with Gasteiger partial charge in [0.05, 0.1) is 7.11 Å². The van der Waals surface area contributed by atoms with Crippen molar-refractivity contribution in [3.05, 3.63) is 40.8 Å². The maximum Gasteiger partial charge on any atom is 0.126 e. The smallest absolute Gasteiger partial charge is 0.126 e. The highest BCUT2D eigenvalue weighted by Gasteiger charge is 2.16. The van der Waals surface area contributed by atoms with Crippen LogP contribution in [0.15, 0.2) is 30.4 Å². The normalized spacial score (nSPS) is 22.3. The SMILES string of the molecule is COc1cccc2c1=CCCC=2C1C=CCCC1. The van der Waals surface area contributed by atoms with Crippen molar-refractivity contribution in [3.63, 3.8) is 0 Å². The first kappa shape index (κ1) is 11.6. The van der Waals surface area contributed by atoms with Gasteiger partial charge in [-0.15, -0.1) is 0 Å². The quantitative estimate of drug-likeness (QED) is 0.722. The molecule has 3 rings (SSSR count). The van der Waals surface area contributed by atoms with Crippen molar-refractivity contribution in [2.24, 2.45) is 5.92 Å². The summed E-state index contributed by atoms with van der Waals surface area (Å²) in [5, 5.41) is 2.72. The van der Waals surface area contributed by atoms with Crippen molar-refractivity contribution >= 4 is 11.6 Å². The Hall–Kier alpha value is -1.50. The van der Waals surface area contributed by atoms with Gasteiger partial charge in [-0.3, -0.25) is 0 Å². The number of ether oxygens (including phenoxy) is 1. The van der Waals surface area contributed by atoms with Crippen LogP contribution in [0.4, 0.5) is 0 Å². The first-order valence-corrected chi connectivity index (χ1v) is 6.93. The van der Waals surface area contributed by atoms with Crippen molar-refractivity contribution in [2.75, 3.05) is 7.11 Å². The third-order valence-electron chi connectivity index (χ3n) is 4.10. The molecular weight excluding hydrogens is 220 g/mol. The molecule has 0 fully saturated rings. The fraction of sp³-hybridized carbons (Fsp3) is 0.412. The summed E-state index contributed by atoms with van der Waals surface area (Å²) in [6.07, 6.45) is 13.3. The van der Waals surface area contributed by atoms with Gasteiger partial charge in [0, 0.05) is 5.22 Å². The first-order valence-electron chi connectivity index (χ1n) is 6.93. The minimum Gasteiger partial charge on any atom is -0.496 e. The zero-order chi connectivity index (χ0) is 12.4. The maximum absolute atomic E-state index is 5.49. The van der Waals surface area contributed by atoms with Gasteiger partial charge in [-0.25, -0.2) is 0 Å². The number of hydrogen-bond acceptors (Lipinski definition) is 1. The molecule has 0 saturated carbocycles. The predicted molar refractivity (Wildman–Crippen MR) is 75.8 cm³/mol. The van der Waals surface area contributed by atoms with Crippen molar-refractivity contribution in [1.29, 1.82) is 0 Å². The molecule has 0 saturated heterocycles. The van der Waals surface area contributed by atoms with Crippen LogP contribution in [0.3, 0.4) is 0 Å². The standard InChI is InChI=1S/C17H20O/c1-18-17-12-6-10-15-14(9-5-11-16(15)17)13-7-3-2-4-8-13/h3,6-7,10-13H,2,4-5,8-9H2,1H3. The van der Waals surface area contributed by atoms with Crippen LogP contribution in [0, 0.1) is 5.92 Å². The Bertz CT molecular complexity index is 580. The zero-order valence-corrected chi connectivity index (χ0v) is 11.0. The second-order valence-electron chi connectivity index (χ2n) is 5.16. The predicted octanol–water partition coefficient (Wildman–Crippen LogP) is 2.78. The Morgan fingerprint density at radius 2 is 2.17 bits per heavy atom. The van der Waals surface area contributed by atoms with Gasteiger partial charge in [-0.2, -0.15) is 0 Å². The van der Waals surface area contributed by atoms with Gasteiger partial charge in [0.25, 0.3) is 0 Å². The molecule has 1 nitrogen and oxygen atoms in total. The summed E-state index contributed by atoms with van der Waals surface area (Å²) in [6.45, 7) is 0. The number of hydrogen-bond donors (Lipinski definition) is 0. The number of methoxy groups -OCH3 is 1. The topological polar surface area (TPSA) is 9.23 Å². The van der Waals surface area contributed by atoms with Crippen LogP contribution in [-0.2, 0) is 0 Å². The Morgan fingerprint density at radius 1 is 1.22 bits per heavy atom. The van der Waals surface area contributed by atoms with Gasteiger partial charge in [0.1, 0.15) is 5.75 Å². The fourth-order valence-corrected chi connectivity index (χ4v) is 3.21. The minimum absolute atomic E-state index is 0.651. The average molecular weight is 240 g/mol. The average Bonchev–Trinajstić information content (AvgIpc) is 2.47. The van der Waals surface area contributed by atoms with Crippen molar-refractivity contribution in [2.45, 2.75) is 32.1 Å². The van der Waals surface area contributed by atoms with E-state index >= 15 is 0 Å². The van der Waals surface area contributed by atoms with Crippen LogP contribution in [0.25, 0.3) is 11.6 Å². The van der Waals surface area contributed by atoms with Crippen molar-refractivity contribution in [3.8, 4) is 5.75 Å². The highest BCUT2D eigenvalue weighted by atomic mass is 16.5. The molecule has 94 valence electrons. The van der Waals surface area contributed by atoms with Gasteiger partial charge in [-0.05, 0) is 49.3 Å². The highest BCUT2D eigenvalue weighted by molar-refractivity contribution is 5.57. The van der Waals surface area contributed by atoms with Gasteiger partial charge in [0.2, 0.25) is 0 Å². The second kappa shape index (κ2) is 5.01. The molecule has 0 radical (unpaired) electrons. The third-order valence-corrected chi connectivity index (χ3v) is 4.10. The molecule has 0 amide bonds. The Morgan fingerprint density at radius 3 is 2.94 bits per heavy atom. The number of allylic oxidation sites excluding steroid dienone is 2. The molecule has 1 aromatic rings. The monoisotopic (exact) mass is 240 g/mol. The summed E-state index contributed by atoms with van der Waals surface area (Å²) in [5.41, 5.74) is 1.61. The van der Waals surface area contributed by atoms with E-state index < -0.39 is 0 Å². The van der Waals surface area contributed by atoms with Crippen molar-refractivity contribution in [1.82, 2.24) is 0 Å². The molecule has 2 aliphatic rings. The van der Waals surface area contributed by atoms with Crippen LogP contribution in [0.1, 0.15) is 32.1 Å². The summed E-state index contributed by atoms with van der Waals surface area (Å²) in [4.78, 5) is 0. The number of rotatable bonds is 2. The lowest BCUT2D eigenvalue weighted by Crippen LogP contribution is -2.32. The van der Waals surface area contributed by atoms with Crippen LogP contribution in [0.2, 0.25) is 0 Å². The molecule has 2 aliphatic carbocycles. The Balaban J connectivity index is 2.19. The van der Waals surface area contributed by atoms with Crippen LogP contribution in [0.5, 0.6) is 5.75 Å². The van der Waals surface area contributed by atoms with Crippen LogP contribution in [-0.4, -0.2) is 7.11 Å². The highest BCUT2D eigenvalue weighted by Crippen LogP contribution is 2.28. The van der Waals surface area contributed by atoms with E-state index in [-0.39, 0.29) is 0 Å². The molecule has 18 heavy (non-hydrogen) atoms. The summed E-state index contributed by atoms with van der Waals surface area (Å²) in [5.74, 6) is 1.67. The second-order valence-corrected chi connectivity index (χ2v) is 5.16. The molecule has 0 bridgehead atoms. The summed E-state index contributed by atoms with van der Waals surface area (Å²) in [7, 11) is 1.76. The summed E-state index contributed by atoms with van der Waals surface area (Å²) in [6, 6.07) is 6.43. The van der Waals surface area contributed by atoms with Gasteiger partial charge in [-0.1, -0.05) is 35.9 Å². The minimum atomic E-state index is 0.651. The van der Waals surface area contributed by atoms with E-state index in [0.717, 1.165) is 12.2 Å². The first-order chi connectivity index (χ1) is 8.90. The lowest BCUT2D eigenvalue weighted by atomic mass is 9.83. The maximum atomic E-state index is 5.49. The van der Waals surface area contributed by atoms with E-state index in [9.17, 15) is 0 Å². The molecule has 0 aliphatic heterocycles. The zero-order valence-electron chi connectivity index (χ0n) is 11.0. The Labute approximate surface area is 108 Å². The van der Waals surface area contributed by atoms with Crippen molar-refractivity contribution < 1.29 is 4.74 Å². The fourth-order valence-electron chi connectivity index (χ4n) is 3.21. The molecule has 0 aromatic heterocycles. The van der Waals surface area contributed by atoms with E-state index in [1.54, 1.807) is 12.7 Å². The lowest BCUT2D eigenvalue weighted by Gasteiger charge is -2.22. The van der Waals surface area contributed by atoms with E-state index in [0.29, 0.717) is 5.92 Å². The van der Waals surface area contributed by atoms with E-state index in [1.807, 2.05) is 0 Å². The van der Waals surface area contributed by atoms with Crippen LogP contribution < -0.4 is 15.2 Å². The summed E-state index contributed by atoms with van der Waals surface area (Å²) >= 11 is 0. The number of benzene rings is 1. The molecule has 0 heterocycles. The van der Waals surface area contributed by atoms with Gasteiger partial charge in [0.15, 0.2) is 0 Å². The number of fused-ring (bicyclic) bond motifs is 1. The molecule has 1 atom stereocenters. The van der Waals surface area contributed by atoms with Gasteiger partial charge >= 0.3 is 0 Å². The van der Waals surface area contributed by atoms with E-state index in [1.165, 1.54) is 36.1 Å². The molecule has 0 N–H and O–H groups in total. The molecule has 1 aromatic carbocycles. The third kappa shape index (κ3) is 1.98. The Kier molecular flexibility index (Phi) is 3.22. The van der Waals surface area contributed by atoms with Crippen LogP contribution >= 0.6 is 0 Å². The molecule has 0 spiro atoms. The van der Waals surface area contributed by atoms with Gasteiger partial charge < -0.3 is 4.74 Å². The molecule has 1 unspecified atom stereocenters. The largest absolute Gasteiger partial charge is 0.496 e. The van der Waals surface area contributed by atoms with E-state index in [2.05, 4.69) is 36.4 Å². The lowest BCUT2D eigenvalue weighted by molar-refractivity contribution is 0.410. The molecule has 1 heteroatoms.